The van der Waals surface area contributed by atoms with E-state index in [1.54, 1.807) is 113 Å². The van der Waals surface area contributed by atoms with Gasteiger partial charge in [0.15, 0.2) is 11.9 Å². The number of aliphatic hydroxyl groups is 1. The third kappa shape index (κ3) is 35.0. The molecule has 0 unspecified atom stereocenters. The molecule has 44 heteroatoms. The van der Waals surface area contributed by atoms with Crippen LogP contribution in [0.1, 0.15) is 135 Å². The highest BCUT2D eigenvalue weighted by Crippen LogP contribution is 2.26. The molecule has 2 aliphatic heterocycles. The van der Waals surface area contributed by atoms with Crippen molar-refractivity contribution in [3.05, 3.63) is 162 Å². The largest absolute Gasteiger partial charge is 0.508 e. The van der Waals surface area contributed by atoms with Crippen LogP contribution in [0.2, 0.25) is 0 Å². The number of para-hydroxylation sites is 1. The van der Waals surface area contributed by atoms with Crippen molar-refractivity contribution >= 4 is 135 Å². The molecule has 3 heterocycles. The average Bonchev–Trinajstić information content (AvgIpc) is 1.69. The van der Waals surface area contributed by atoms with Crippen molar-refractivity contribution in [2.24, 2.45) is 35.0 Å². The van der Waals surface area contributed by atoms with Gasteiger partial charge < -0.3 is 127 Å². The van der Waals surface area contributed by atoms with Crippen molar-refractivity contribution in [2.75, 3.05) is 44.8 Å². The zero-order valence-corrected chi connectivity index (χ0v) is 81.2. The van der Waals surface area contributed by atoms with Crippen molar-refractivity contribution in [1.29, 1.82) is 10.8 Å². The number of rotatable bonds is 28. The Hall–Kier alpha value is -14.7. The lowest BCUT2D eigenvalue weighted by Gasteiger charge is -2.34. The number of H-pyrrole nitrogens is 1. The lowest BCUT2D eigenvalue weighted by Crippen LogP contribution is -2.61. The van der Waals surface area contributed by atoms with E-state index in [2.05, 4.69) is 84.7 Å². The molecule has 141 heavy (non-hydrogen) atoms. The molecule has 0 radical (unpaired) electrons. The van der Waals surface area contributed by atoms with E-state index in [1.165, 1.54) is 63.9 Å². The van der Waals surface area contributed by atoms with Crippen LogP contribution < -0.4 is 97.0 Å². The van der Waals surface area contributed by atoms with E-state index in [-0.39, 0.29) is 102 Å². The van der Waals surface area contributed by atoms with Crippen molar-refractivity contribution in [1.82, 2.24) is 94.5 Å². The van der Waals surface area contributed by atoms with E-state index in [0.717, 1.165) is 16.0 Å². The molecular weight excluding hydrogens is 1840 g/mol. The number of nitrogens with one attached hydrogen (secondary N) is 18. The van der Waals surface area contributed by atoms with Crippen LogP contribution >= 0.6 is 11.8 Å². The first-order valence-electron chi connectivity index (χ1n) is 46.9. The molecule has 27 N–H and O–H groups in total. The predicted octanol–water partition coefficient (Wildman–Crippen LogP) is -1.05. The number of amides is 16. The number of phenols is 1. The molecule has 2 saturated heterocycles. The second-order valence-corrected chi connectivity index (χ2v) is 37.4. The number of guanidine groups is 2. The summed E-state index contributed by atoms with van der Waals surface area (Å²) < 4.78 is 0. The van der Waals surface area contributed by atoms with Gasteiger partial charge in [0.05, 0.1) is 18.8 Å². The van der Waals surface area contributed by atoms with Gasteiger partial charge in [-0.2, -0.15) is 0 Å². The van der Waals surface area contributed by atoms with Crippen LogP contribution in [0.25, 0.3) is 22.0 Å². The fraction of sp³-hybridized carbons (Fsp3) is 0.474. The number of carbonyl (C=O) groups excluding carboxylic acids is 16. The Morgan fingerprint density at radius 2 is 0.929 bits per heavy atom. The first-order chi connectivity index (χ1) is 67.0. The number of hydrogen-bond acceptors (Lipinski definition) is 22. The van der Waals surface area contributed by atoms with Gasteiger partial charge in [0, 0.05) is 75.2 Å². The summed E-state index contributed by atoms with van der Waals surface area (Å²) >= 11 is 0.711. The summed E-state index contributed by atoms with van der Waals surface area (Å²) in [6.45, 7) is 11.5. The molecule has 762 valence electrons. The summed E-state index contributed by atoms with van der Waals surface area (Å²) in [7, 11) is 1.30. The minimum atomic E-state index is -2.08. The average molecular weight is 1970 g/mol. The van der Waals surface area contributed by atoms with E-state index < -0.39 is 246 Å². The Bertz CT molecular complexity index is 5380. The lowest BCUT2D eigenvalue weighted by molar-refractivity contribution is -0.148. The summed E-state index contributed by atoms with van der Waals surface area (Å²) in [5.41, 5.74) is 20.7. The molecule has 1 aromatic heterocycles. The number of aromatic amines is 1. The Morgan fingerprint density at radius 3 is 1.46 bits per heavy atom. The quantitative estimate of drug-likeness (QED) is 0.0158. The first-order valence-corrected chi connectivity index (χ1v) is 48.0. The van der Waals surface area contributed by atoms with Gasteiger partial charge in [-0.25, -0.2) is 0 Å². The summed E-state index contributed by atoms with van der Waals surface area (Å²) in [6, 6.07) is 13.0. The van der Waals surface area contributed by atoms with Gasteiger partial charge in [0.2, 0.25) is 94.5 Å². The Morgan fingerprint density at radius 1 is 0.489 bits per heavy atom. The number of primary amides is 1. The minimum Gasteiger partial charge on any atom is -0.508 e. The number of benzene rings is 5. The number of aromatic nitrogens is 1. The second kappa shape index (κ2) is 54.6. The van der Waals surface area contributed by atoms with Crippen molar-refractivity contribution in [3.8, 4) is 16.9 Å². The molecule has 2 fully saturated rings. The van der Waals surface area contributed by atoms with E-state index >= 15 is 38.4 Å². The zero-order valence-electron chi connectivity index (χ0n) is 80.4. The van der Waals surface area contributed by atoms with Crippen LogP contribution in [-0.4, -0.2) is 278 Å². The number of aromatic hydroxyl groups is 1. The summed E-state index contributed by atoms with van der Waals surface area (Å²) in [4.78, 5) is 256. The molecule has 0 aliphatic carbocycles. The molecule has 15 atom stereocenters. The van der Waals surface area contributed by atoms with Crippen molar-refractivity contribution in [3.63, 3.8) is 0 Å². The van der Waals surface area contributed by atoms with Crippen molar-refractivity contribution in [2.45, 2.75) is 229 Å². The van der Waals surface area contributed by atoms with Gasteiger partial charge in [-0.1, -0.05) is 157 Å². The van der Waals surface area contributed by atoms with E-state index in [1.807, 2.05) is 30.3 Å². The van der Waals surface area contributed by atoms with Gasteiger partial charge >= 0.3 is 5.97 Å². The summed E-state index contributed by atoms with van der Waals surface area (Å²) in [5, 5.41) is 87.4. The maximum Gasteiger partial charge on any atom is 0.305 e. The highest BCUT2D eigenvalue weighted by molar-refractivity contribution is 8.00. The number of nitrogens with zero attached hydrogens (tertiary/aromatic N) is 2. The van der Waals surface area contributed by atoms with Gasteiger partial charge in [0.25, 0.3) is 0 Å². The zero-order chi connectivity index (χ0) is 103. The van der Waals surface area contributed by atoms with Crippen molar-refractivity contribution < 1.29 is 96.8 Å². The van der Waals surface area contributed by atoms with E-state index in [9.17, 15) is 58.5 Å². The number of nitrogens with two attached hydrogens (primary N) is 3. The molecule has 43 nitrogen and oxygen atoms in total. The third-order valence-corrected chi connectivity index (χ3v) is 24.9. The van der Waals surface area contributed by atoms with Gasteiger partial charge in [-0.15, -0.1) is 11.8 Å². The van der Waals surface area contributed by atoms with Crippen LogP contribution in [0.3, 0.4) is 0 Å². The number of fused-ring (bicyclic) bond motifs is 2. The second-order valence-electron chi connectivity index (χ2n) is 36.3. The summed E-state index contributed by atoms with van der Waals surface area (Å²) in [5.74, 6) is -21.1. The standard InChI is InChI=1S/C97H133N23O20S/c1-52(2)41-68-83(128)112-71(44-58-30-34-61(35-31-58)60-23-14-11-15-24-60)85(130)109-67(28-19-39-104-97(101)102)95(140)119(9)56(8)94(139)120-40-20-29-77(120)92(137)108-66(27-18-38-103-96(99)100)82(127)110-69(42-53(3)4)89(134)118-80(54(5)6)93(138)116-75(49-121)90(135)117-76(91(136)106-55(7)81(98)126)50-141-51-78(123)107-70(43-57-21-12-10-13-22-57)84(129)113-72(45-59-32-36-63(122)37-33-59)86(131)115-74(47-79(124)125)88(133)114-73(87(132)111-68)46-62-48-105-65-26-17-16-25-64(62)65/h10-17,21-26,30-37,48,52-56,66-77,80,105,121-122H,18-20,27-29,38-47,49-51H2,1-9H3,(H2,98,126)(H,106,136)(H,107,123)(H,108,137)(H,109,130)(H,110,127)(H,111,132)(H,112,128)(H,113,129)(H,114,133)(H,115,131)(H,116,138)(H,117,135)(H,118,134)(H,124,125)(H4,99,100,103)(H4,101,102,104)/t55-,56-,66-,67-,68-,69-,70-,71-,72-,73-,74-,75-,76-,77+,80-/m0/s1. The number of phenolic OH excluding ortho intramolecular Hbond substituents is 1. The molecule has 0 saturated carbocycles. The summed E-state index contributed by atoms with van der Waals surface area (Å²) in [6.07, 6.45) is -1.04. The van der Waals surface area contributed by atoms with E-state index in [0.29, 0.717) is 44.9 Å². The predicted molar refractivity (Wildman–Crippen MR) is 525 cm³/mol. The Labute approximate surface area is 821 Å². The number of thioether (sulfide) groups is 1. The van der Waals surface area contributed by atoms with Gasteiger partial charge in [-0.05, 0) is 135 Å². The lowest BCUT2D eigenvalue weighted by atomic mass is 9.98. The molecule has 2 aliphatic rings. The minimum absolute atomic E-state index is 0.000813. The molecule has 5 aromatic carbocycles. The highest BCUT2D eigenvalue weighted by atomic mass is 32.2. The molecular formula is C97H133N23O20S. The fourth-order valence-electron chi connectivity index (χ4n) is 16.1. The first kappa shape index (κ1) is 112. The number of likely N-dealkylation sites (N-methyl/N-ethyl adjacent to an activating group) is 1. The highest BCUT2D eigenvalue weighted by Gasteiger charge is 2.44. The van der Waals surface area contributed by atoms with Crippen LogP contribution in [-0.2, 0) is 107 Å². The maximum atomic E-state index is 15.6. The normalized spacial score (nSPS) is 23.2. The number of aliphatic carboxylic acids is 1. The fourth-order valence-corrected chi connectivity index (χ4v) is 16.9. The molecule has 0 spiro atoms. The molecule has 6 aromatic rings. The number of carbonyl (C=O) groups is 17. The molecule has 16 amide bonds. The molecule has 8 rings (SSSR count). The maximum absolute atomic E-state index is 15.6. The number of carboxylic acids is 1. The monoisotopic (exact) mass is 1970 g/mol. The van der Waals surface area contributed by atoms with E-state index in [4.69, 9.17) is 28.0 Å². The van der Waals surface area contributed by atoms with Crippen LogP contribution in [0.4, 0.5) is 0 Å². The number of aliphatic hydroxyl groups excluding tert-OH is 1. The van der Waals surface area contributed by atoms with Crippen LogP contribution in [0.5, 0.6) is 5.75 Å². The van der Waals surface area contributed by atoms with Gasteiger partial charge in [0.1, 0.15) is 96.4 Å². The van der Waals surface area contributed by atoms with Crippen LogP contribution in [0, 0.1) is 28.6 Å². The van der Waals surface area contributed by atoms with Crippen LogP contribution in [0.15, 0.2) is 140 Å². The third-order valence-electron chi connectivity index (χ3n) is 23.8. The number of hydrogen-bond donors (Lipinski definition) is 24. The van der Waals surface area contributed by atoms with Gasteiger partial charge in [-0.3, -0.25) is 92.3 Å². The Balaban J connectivity index is 1.22. The smallest absolute Gasteiger partial charge is 0.305 e. The molecule has 0 bridgehead atoms. The topological polar surface area (TPSA) is 679 Å². The SMILES string of the molecule is CC(C)C[C@@H]1NC(=O)[C@H](Cc2c[nH]c3ccccc23)NC(=O)[C@H](CC(=O)O)NC(=O)[C@H](Cc2ccc(O)cc2)NC(=O)[C@H](Cc2ccccc2)NC(=O)CSC[C@@H](C(=O)N[C@@H](C)C(N)=O)NC(=O)[C@H](CO)NC(=O)[C@H](C(C)C)NC(=O)[C@H](CC(C)C)NC(=O)[C@H](CCCNC(=N)N)NC(=O)[C@H]2CCCN2C(=O)[C@H](C)N(C)C(=O)[C@H](CCCNC(=N)N)NC(=O)[C@H](Cc2ccc(-c3ccccc3)cc2)NC1=O. The Kier molecular flexibility index (Phi) is 43.2. The number of carboxylic acid groups (broad SMARTS) is 1.